The molecule has 0 atom stereocenters. The van der Waals surface area contributed by atoms with Gasteiger partial charge in [-0.1, -0.05) is 18.6 Å². The van der Waals surface area contributed by atoms with Crippen LogP contribution in [0.25, 0.3) is 22.2 Å². The van der Waals surface area contributed by atoms with Gasteiger partial charge in [0.25, 0.3) is 0 Å². The van der Waals surface area contributed by atoms with Crippen LogP contribution in [0.15, 0.2) is 60.9 Å². The van der Waals surface area contributed by atoms with Crippen LogP contribution in [0.2, 0.25) is 0 Å². The molecule has 0 saturated heterocycles. The second kappa shape index (κ2) is 9.63. The summed E-state index contributed by atoms with van der Waals surface area (Å²) in [6.45, 7) is 4.06. The fraction of sp³-hybridized carbons (Fsp3) is 0.296. The van der Waals surface area contributed by atoms with Crippen molar-refractivity contribution in [3.05, 3.63) is 66.5 Å². The van der Waals surface area contributed by atoms with Crippen LogP contribution in [0.5, 0.6) is 11.8 Å². The number of sulfonamides is 1. The monoisotopic (exact) mass is 501 g/mol. The molecule has 1 aliphatic carbocycles. The van der Waals surface area contributed by atoms with E-state index in [2.05, 4.69) is 25.3 Å². The molecule has 2 aromatic carbocycles. The van der Waals surface area contributed by atoms with Gasteiger partial charge in [-0.3, -0.25) is 4.72 Å². The second-order valence-electron chi connectivity index (χ2n) is 9.33. The fourth-order valence-corrected chi connectivity index (χ4v) is 5.05. The normalized spacial score (nSPS) is 13.9. The number of nitrogens with one attached hydrogen (secondary N) is 1. The van der Waals surface area contributed by atoms with Gasteiger partial charge < -0.3 is 9.30 Å². The molecule has 36 heavy (non-hydrogen) atoms. The topological polar surface area (TPSA) is 110 Å². The summed E-state index contributed by atoms with van der Waals surface area (Å²) in [5, 5.41) is 10.5. The zero-order valence-corrected chi connectivity index (χ0v) is 21.0. The molecule has 1 aliphatic rings. The molecule has 0 spiro atoms. The molecule has 1 N–H and O–H groups in total. The summed E-state index contributed by atoms with van der Waals surface area (Å²) >= 11 is 0. The minimum absolute atomic E-state index is 0.258. The molecule has 184 valence electrons. The second-order valence-corrected chi connectivity index (χ2v) is 11.6. The number of ether oxygens (including phenoxy) is 1. The Morgan fingerprint density at radius 2 is 1.86 bits per heavy atom. The Labute approximate surface area is 210 Å². The Kier molecular flexibility index (Phi) is 6.37. The number of anilines is 1. The van der Waals surface area contributed by atoms with Crippen LogP contribution < -0.4 is 9.46 Å². The molecule has 9 heteroatoms. The van der Waals surface area contributed by atoms with E-state index in [1.807, 2.05) is 30.3 Å². The minimum Gasteiger partial charge on any atom is -0.424 e. The van der Waals surface area contributed by atoms with Crippen molar-refractivity contribution in [2.24, 2.45) is 5.92 Å². The lowest BCUT2D eigenvalue weighted by Gasteiger charge is -2.27. The molecule has 1 fully saturated rings. The quantitative estimate of drug-likeness (QED) is 0.331. The summed E-state index contributed by atoms with van der Waals surface area (Å²) < 4.78 is 35.2. The number of hydrogen-bond donors (Lipinski definition) is 1. The number of benzene rings is 2. The molecular weight excluding hydrogens is 474 g/mol. The van der Waals surface area contributed by atoms with Crippen LogP contribution in [-0.4, -0.2) is 28.2 Å². The highest BCUT2D eigenvalue weighted by molar-refractivity contribution is 7.93. The molecule has 8 nitrogen and oxygen atoms in total. The molecular formula is C27H27N5O3S. The lowest BCUT2D eigenvalue weighted by atomic mass is 9.85. The third-order valence-corrected chi connectivity index (χ3v) is 8.37. The van der Waals surface area contributed by atoms with Crippen molar-refractivity contribution in [3.63, 3.8) is 0 Å². The van der Waals surface area contributed by atoms with Gasteiger partial charge in [0.05, 0.1) is 22.0 Å². The van der Waals surface area contributed by atoms with Gasteiger partial charge >= 0.3 is 6.01 Å². The molecule has 0 bridgehead atoms. The van der Waals surface area contributed by atoms with E-state index in [1.54, 1.807) is 44.4 Å². The van der Waals surface area contributed by atoms with Crippen LogP contribution in [0.4, 0.5) is 5.69 Å². The van der Waals surface area contributed by atoms with Gasteiger partial charge in [0.15, 0.2) is 0 Å². The van der Waals surface area contributed by atoms with Crippen molar-refractivity contribution in [2.45, 2.75) is 44.9 Å². The standard InChI is InChI=1S/C27H27N5O3S/c1-18(2)36(33,34)31-21-9-7-20(8-10-21)26-24(16-28)23-12-11-22(35-27-29-13-4-14-30-27)15-25(23)32(26)17-19-5-3-6-19/h4,7-15,18-19,31H,3,5-6,17H2,1-2H3. The van der Waals surface area contributed by atoms with Gasteiger partial charge in [-0.2, -0.15) is 5.26 Å². The molecule has 0 aliphatic heterocycles. The predicted octanol–water partition coefficient (Wildman–Crippen LogP) is 5.71. The third-order valence-electron chi connectivity index (χ3n) is 6.60. The first kappa shape index (κ1) is 23.8. The Balaban J connectivity index is 1.59. The van der Waals surface area contributed by atoms with Crippen LogP contribution >= 0.6 is 0 Å². The fourth-order valence-electron chi connectivity index (χ4n) is 4.35. The van der Waals surface area contributed by atoms with Gasteiger partial charge in [-0.15, -0.1) is 0 Å². The minimum atomic E-state index is -3.44. The smallest absolute Gasteiger partial charge is 0.321 e. The van der Waals surface area contributed by atoms with Crippen LogP contribution in [-0.2, 0) is 16.6 Å². The number of rotatable bonds is 8. The number of hydrogen-bond acceptors (Lipinski definition) is 6. The van der Waals surface area contributed by atoms with E-state index >= 15 is 0 Å². The zero-order valence-electron chi connectivity index (χ0n) is 20.2. The van der Waals surface area contributed by atoms with Crippen molar-refractivity contribution < 1.29 is 13.2 Å². The Hall–Kier alpha value is -3.90. The maximum atomic E-state index is 12.3. The third kappa shape index (κ3) is 4.64. The Morgan fingerprint density at radius 3 is 2.47 bits per heavy atom. The van der Waals surface area contributed by atoms with E-state index < -0.39 is 15.3 Å². The SMILES string of the molecule is CC(C)S(=O)(=O)Nc1ccc(-c2c(C#N)c3ccc(Oc4ncccn4)cc3n2CC2CCC2)cc1. The predicted molar refractivity (Wildman–Crippen MR) is 139 cm³/mol. The van der Waals surface area contributed by atoms with E-state index in [9.17, 15) is 13.7 Å². The van der Waals surface area contributed by atoms with Crippen LogP contribution in [0.1, 0.15) is 38.7 Å². The van der Waals surface area contributed by atoms with E-state index in [0.29, 0.717) is 22.9 Å². The summed E-state index contributed by atoms with van der Waals surface area (Å²) in [6.07, 6.45) is 6.78. The highest BCUT2D eigenvalue weighted by atomic mass is 32.2. The number of fused-ring (bicyclic) bond motifs is 1. The molecule has 0 radical (unpaired) electrons. The van der Waals surface area contributed by atoms with Gasteiger partial charge in [-0.05, 0) is 68.5 Å². The van der Waals surface area contributed by atoms with Crippen molar-refractivity contribution in [1.82, 2.24) is 14.5 Å². The van der Waals surface area contributed by atoms with Crippen molar-refractivity contribution >= 4 is 26.6 Å². The van der Waals surface area contributed by atoms with Gasteiger partial charge in [0.2, 0.25) is 10.0 Å². The summed E-state index contributed by atoms with van der Waals surface area (Å²) in [5.74, 6) is 1.14. The Bertz CT molecular complexity index is 1530. The molecule has 2 heterocycles. The molecule has 0 amide bonds. The summed E-state index contributed by atoms with van der Waals surface area (Å²) in [4.78, 5) is 8.27. The summed E-state index contributed by atoms with van der Waals surface area (Å²) in [5.41, 5.74) is 3.66. The largest absolute Gasteiger partial charge is 0.424 e. The van der Waals surface area contributed by atoms with Crippen molar-refractivity contribution in [3.8, 4) is 29.1 Å². The molecule has 0 unspecified atom stereocenters. The molecule has 4 aromatic rings. The number of aromatic nitrogens is 3. The summed E-state index contributed by atoms with van der Waals surface area (Å²) in [7, 11) is -3.44. The average Bonchev–Trinajstić information content (AvgIpc) is 3.14. The molecule has 5 rings (SSSR count). The first-order valence-corrected chi connectivity index (χ1v) is 13.5. The lowest BCUT2D eigenvalue weighted by molar-refractivity contribution is 0.281. The van der Waals surface area contributed by atoms with Gasteiger partial charge in [0.1, 0.15) is 11.8 Å². The first-order chi connectivity index (χ1) is 17.4. The number of nitriles is 1. The first-order valence-electron chi connectivity index (χ1n) is 12.0. The van der Waals surface area contributed by atoms with Crippen molar-refractivity contribution in [2.75, 3.05) is 4.72 Å². The van der Waals surface area contributed by atoms with Gasteiger partial charge in [0, 0.05) is 36.1 Å². The maximum absolute atomic E-state index is 12.3. The van der Waals surface area contributed by atoms with Crippen LogP contribution in [0.3, 0.4) is 0 Å². The maximum Gasteiger partial charge on any atom is 0.321 e. The highest BCUT2D eigenvalue weighted by Crippen LogP contribution is 2.39. The van der Waals surface area contributed by atoms with E-state index in [-0.39, 0.29) is 6.01 Å². The Morgan fingerprint density at radius 1 is 1.14 bits per heavy atom. The number of nitrogens with zero attached hydrogens (tertiary/aromatic N) is 4. The zero-order chi connectivity index (χ0) is 25.3. The average molecular weight is 502 g/mol. The molecule has 1 saturated carbocycles. The molecule has 2 aromatic heterocycles. The van der Waals surface area contributed by atoms with Crippen molar-refractivity contribution in [1.29, 1.82) is 5.26 Å². The summed E-state index contributed by atoms with van der Waals surface area (Å²) in [6, 6.07) is 17.2. The van der Waals surface area contributed by atoms with E-state index in [4.69, 9.17) is 4.74 Å². The lowest BCUT2D eigenvalue weighted by Crippen LogP contribution is -2.22. The van der Waals surface area contributed by atoms with E-state index in [1.165, 1.54) is 6.42 Å². The van der Waals surface area contributed by atoms with E-state index in [0.717, 1.165) is 41.5 Å². The van der Waals surface area contributed by atoms with Gasteiger partial charge in [-0.25, -0.2) is 18.4 Å². The van der Waals surface area contributed by atoms with Crippen LogP contribution in [0, 0.1) is 17.2 Å². The highest BCUT2D eigenvalue weighted by Gasteiger charge is 2.25.